The molecule has 2 amide bonds. The van der Waals surface area contributed by atoms with Crippen LogP contribution in [0.15, 0.2) is 30.3 Å². The average molecular weight is 379 g/mol. The van der Waals surface area contributed by atoms with E-state index in [4.69, 9.17) is 27.9 Å². The van der Waals surface area contributed by atoms with Crippen LogP contribution in [0.5, 0.6) is 5.75 Å². The van der Waals surface area contributed by atoms with Crippen molar-refractivity contribution in [3.05, 3.63) is 57.1 Å². The van der Waals surface area contributed by atoms with Crippen LogP contribution in [0.3, 0.4) is 0 Å². The summed E-state index contributed by atoms with van der Waals surface area (Å²) in [6.07, 6.45) is 0.355. The third-order valence-electron chi connectivity index (χ3n) is 4.07. The van der Waals surface area contributed by atoms with Crippen LogP contribution >= 0.6 is 23.2 Å². The topological polar surface area (TPSA) is 67.4 Å². The van der Waals surface area contributed by atoms with Gasteiger partial charge in [-0.1, -0.05) is 35.3 Å². The summed E-state index contributed by atoms with van der Waals surface area (Å²) in [5.74, 6) is 0.0173. The zero-order valence-corrected chi connectivity index (χ0v) is 15.2. The van der Waals surface area contributed by atoms with Crippen molar-refractivity contribution in [1.82, 2.24) is 5.32 Å². The van der Waals surface area contributed by atoms with Gasteiger partial charge in [-0.15, -0.1) is 0 Å². The zero-order chi connectivity index (χ0) is 18.1. The number of benzene rings is 2. The summed E-state index contributed by atoms with van der Waals surface area (Å²) < 4.78 is 5.08. The van der Waals surface area contributed by atoms with Gasteiger partial charge in [-0.3, -0.25) is 9.59 Å². The number of nitrogens with one attached hydrogen (secondary N) is 2. The Kier molecular flexibility index (Phi) is 4.88. The van der Waals surface area contributed by atoms with Gasteiger partial charge in [0.2, 0.25) is 5.91 Å². The fraction of sp³-hybridized carbons (Fsp3) is 0.222. The van der Waals surface area contributed by atoms with Crippen LogP contribution in [0.1, 0.15) is 34.5 Å². The van der Waals surface area contributed by atoms with Crippen molar-refractivity contribution in [1.29, 1.82) is 0 Å². The lowest BCUT2D eigenvalue weighted by molar-refractivity contribution is -0.115. The molecule has 0 aromatic heterocycles. The molecule has 0 saturated heterocycles. The molecule has 0 spiro atoms. The lowest BCUT2D eigenvalue weighted by Crippen LogP contribution is -2.26. The van der Waals surface area contributed by atoms with Crippen molar-refractivity contribution in [3.63, 3.8) is 0 Å². The average Bonchev–Trinajstić information content (AvgIpc) is 2.93. The van der Waals surface area contributed by atoms with Gasteiger partial charge in [0.15, 0.2) is 5.75 Å². The first-order valence-electron chi connectivity index (χ1n) is 7.65. The molecule has 2 aromatic carbocycles. The standard InChI is InChI=1S/C18H16Cl2N2O3/c1-9(10-3-4-15-11(5-10)8-16(23)22-15)21-18(24)12-6-13(19)17(25-2)14(20)7-12/h3-7,9H,8H2,1-2H3,(H,21,24)(H,22,23)/t9-/m0/s1. The third kappa shape index (κ3) is 3.57. The highest BCUT2D eigenvalue weighted by atomic mass is 35.5. The van der Waals surface area contributed by atoms with E-state index >= 15 is 0 Å². The zero-order valence-electron chi connectivity index (χ0n) is 13.7. The Morgan fingerprint density at radius 3 is 2.56 bits per heavy atom. The lowest BCUT2D eigenvalue weighted by atomic mass is 10.0. The molecular formula is C18H16Cl2N2O3. The number of carbonyl (C=O) groups excluding carboxylic acids is 2. The highest BCUT2D eigenvalue weighted by molar-refractivity contribution is 6.37. The molecule has 0 aliphatic carbocycles. The molecule has 130 valence electrons. The molecule has 5 nitrogen and oxygen atoms in total. The Balaban J connectivity index is 1.77. The quantitative estimate of drug-likeness (QED) is 0.844. The number of fused-ring (bicyclic) bond motifs is 1. The minimum absolute atomic E-state index is 0.0219. The predicted molar refractivity (Wildman–Crippen MR) is 97.7 cm³/mol. The molecule has 3 rings (SSSR count). The van der Waals surface area contributed by atoms with Gasteiger partial charge in [-0.25, -0.2) is 0 Å². The number of ether oxygens (including phenoxy) is 1. The summed E-state index contributed by atoms with van der Waals surface area (Å²) >= 11 is 12.2. The van der Waals surface area contributed by atoms with E-state index in [1.165, 1.54) is 19.2 Å². The second-order valence-corrected chi connectivity index (χ2v) is 6.62. The Labute approximate surface area is 155 Å². The molecule has 0 fully saturated rings. The number of halogens is 2. The van der Waals surface area contributed by atoms with Crippen LogP contribution in [0.4, 0.5) is 5.69 Å². The van der Waals surface area contributed by atoms with E-state index in [2.05, 4.69) is 10.6 Å². The van der Waals surface area contributed by atoms with E-state index < -0.39 is 0 Å². The van der Waals surface area contributed by atoms with Crippen molar-refractivity contribution in [2.45, 2.75) is 19.4 Å². The maximum atomic E-state index is 12.5. The highest BCUT2D eigenvalue weighted by Gasteiger charge is 2.20. The van der Waals surface area contributed by atoms with Gasteiger partial charge >= 0.3 is 0 Å². The monoisotopic (exact) mass is 378 g/mol. The SMILES string of the molecule is COc1c(Cl)cc(C(=O)N[C@@H](C)c2ccc3c(c2)CC(=O)N3)cc1Cl. The van der Waals surface area contributed by atoms with Crippen molar-refractivity contribution in [3.8, 4) is 5.75 Å². The normalized spacial score (nSPS) is 13.8. The number of anilines is 1. The lowest BCUT2D eigenvalue weighted by Gasteiger charge is -2.16. The number of hydrogen-bond donors (Lipinski definition) is 2. The molecule has 25 heavy (non-hydrogen) atoms. The molecule has 1 atom stereocenters. The van der Waals surface area contributed by atoms with Gasteiger partial charge in [0.05, 0.1) is 29.6 Å². The van der Waals surface area contributed by atoms with E-state index in [1.54, 1.807) is 0 Å². The van der Waals surface area contributed by atoms with Crippen LogP contribution in [-0.2, 0) is 11.2 Å². The van der Waals surface area contributed by atoms with Gasteiger partial charge in [0.1, 0.15) is 0 Å². The molecule has 1 aliphatic heterocycles. The number of hydrogen-bond acceptors (Lipinski definition) is 3. The Morgan fingerprint density at radius 1 is 1.24 bits per heavy atom. The summed E-state index contributed by atoms with van der Waals surface area (Å²) in [7, 11) is 1.46. The summed E-state index contributed by atoms with van der Waals surface area (Å²) in [5, 5.41) is 6.24. The fourth-order valence-corrected chi connectivity index (χ4v) is 3.41. The first-order chi connectivity index (χ1) is 11.9. The van der Waals surface area contributed by atoms with Gasteiger partial charge < -0.3 is 15.4 Å². The predicted octanol–water partition coefficient (Wildman–Crippen LogP) is 3.99. The van der Waals surface area contributed by atoms with Crippen molar-refractivity contribution < 1.29 is 14.3 Å². The van der Waals surface area contributed by atoms with Crippen LogP contribution < -0.4 is 15.4 Å². The first-order valence-corrected chi connectivity index (χ1v) is 8.41. The summed E-state index contributed by atoms with van der Waals surface area (Å²) in [6.45, 7) is 1.87. The van der Waals surface area contributed by atoms with Crippen LogP contribution in [0.2, 0.25) is 10.0 Å². The van der Waals surface area contributed by atoms with Crippen LogP contribution in [-0.4, -0.2) is 18.9 Å². The number of carbonyl (C=O) groups is 2. The van der Waals surface area contributed by atoms with E-state index in [0.29, 0.717) is 17.7 Å². The van der Waals surface area contributed by atoms with E-state index in [-0.39, 0.29) is 27.9 Å². The molecule has 0 bridgehead atoms. The van der Waals surface area contributed by atoms with E-state index in [0.717, 1.165) is 16.8 Å². The van der Waals surface area contributed by atoms with Gasteiger partial charge in [0, 0.05) is 11.3 Å². The number of methoxy groups -OCH3 is 1. The second kappa shape index (κ2) is 6.94. The van der Waals surface area contributed by atoms with Crippen LogP contribution in [0, 0.1) is 0 Å². The number of amides is 2. The smallest absolute Gasteiger partial charge is 0.251 e. The fourth-order valence-electron chi connectivity index (χ4n) is 2.77. The summed E-state index contributed by atoms with van der Waals surface area (Å²) in [4.78, 5) is 23.9. The Hall–Kier alpha value is -2.24. The molecule has 2 aromatic rings. The van der Waals surface area contributed by atoms with Crippen molar-refractivity contribution in [2.24, 2.45) is 0 Å². The molecule has 1 aliphatic rings. The third-order valence-corrected chi connectivity index (χ3v) is 4.63. The second-order valence-electron chi connectivity index (χ2n) is 5.81. The van der Waals surface area contributed by atoms with Gasteiger partial charge in [0.25, 0.3) is 5.91 Å². The van der Waals surface area contributed by atoms with E-state index in [1.807, 2.05) is 25.1 Å². The highest BCUT2D eigenvalue weighted by Crippen LogP contribution is 2.34. The number of rotatable bonds is 4. The summed E-state index contributed by atoms with van der Waals surface area (Å²) in [6, 6.07) is 8.43. The van der Waals surface area contributed by atoms with Crippen molar-refractivity contribution in [2.75, 3.05) is 12.4 Å². The van der Waals surface area contributed by atoms with Crippen LogP contribution in [0.25, 0.3) is 0 Å². The molecule has 0 saturated carbocycles. The molecular weight excluding hydrogens is 363 g/mol. The minimum atomic E-state index is -0.298. The maximum absolute atomic E-state index is 12.5. The molecule has 7 heteroatoms. The maximum Gasteiger partial charge on any atom is 0.251 e. The first kappa shape index (κ1) is 17.6. The van der Waals surface area contributed by atoms with Gasteiger partial charge in [-0.05, 0) is 36.2 Å². The minimum Gasteiger partial charge on any atom is -0.494 e. The Bertz CT molecular complexity index is 844. The molecule has 0 unspecified atom stereocenters. The summed E-state index contributed by atoms with van der Waals surface area (Å²) in [5.41, 5.74) is 3.01. The van der Waals surface area contributed by atoms with Crippen molar-refractivity contribution >= 4 is 40.7 Å². The van der Waals surface area contributed by atoms with E-state index in [9.17, 15) is 9.59 Å². The Morgan fingerprint density at radius 2 is 1.92 bits per heavy atom. The molecule has 2 N–H and O–H groups in total. The molecule has 0 radical (unpaired) electrons. The largest absolute Gasteiger partial charge is 0.494 e. The molecule has 1 heterocycles. The van der Waals surface area contributed by atoms with Gasteiger partial charge in [-0.2, -0.15) is 0 Å².